The van der Waals surface area contributed by atoms with Crippen molar-refractivity contribution in [1.29, 1.82) is 0 Å². The lowest BCUT2D eigenvalue weighted by Gasteiger charge is -2.18. The van der Waals surface area contributed by atoms with E-state index in [1.807, 2.05) is 0 Å². The number of hydrogen-bond donors (Lipinski definition) is 4. The fourth-order valence-corrected chi connectivity index (χ4v) is 1.81. The van der Waals surface area contributed by atoms with Gasteiger partial charge in [0.2, 0.25) is 18.2 Å². The molecule has 96 valence electrons. The summed E-state index contributed by atoms with van der Waals surface area (Å²) < 4.78 is 0. The predicted octanol–water partition coefficient (Wildman–Crippen LogP) is -2.26. The van der Waals surface area contributed by atoms with E-state index in [2.05, 4.69) is 16.0 Å². The first-order chi connectivity index (χ1) is 8.17. The third-order valence-corrected chi connectivity index (χ3v) is 2.66. The zero-order chi connectivity index (χ0) is 12.7. The van der Waals surface area contributed by atoms with Crippen molar-refractivity contribution in [2.24, 2.45) is 5.92 Å². The van der Waals surface area contributed by atoms with Crippen LogP contribution in [0.1, 0.15) is 12.8 Å². The molecule has 0 aromatic carbocycles. The Kier molecular flexibility index (Phi) is 5.41. The Morgan fingerprint density at radius 1 is 1.65 bits per heavy atom. The van der Waals surface area contributed by atoms with Gasteiger partial charge in [-0.2, -0.15) is 0 Å². The van der Waals surface area contributed by atoms with Crippen LogP contribution in [0.4, 0.5) is 0 Å². The third-order valence-electron chi connectivity index (χ3n) is 2.66. The highest BCUT2D eigenvalue weighted by molar-refractivity contribution is 5.81. The molecule has 2 atom stereocenters. The SMILES string of the molecule is O=CNCC(=O)NC(CO)CC1CCNC1=O. The molecule has 1 aliphatic heterocycles. The van der Waals surface area contributed by atoms with Gasteiger partial charge >= 0.3 is 0 Å². The van der Waals surface area contributed by atoms with Crippen LogP contribution in [0.25, 0.3) is 0 Å². The van der Waals surface area contributed by atoms with Crippen molar-refractivity contribution in [3.8, 4) is 0 Å². The number of carbonyl (C=O) groups excluding carboxylic acids is 3. The largest absolute Gasteiger partial charge is 0.394 e. The second kappa shape index (κ2) is 6.85. The van der Waals surface area contributed by atoms with E-state index in [0.29, 0.717) is 19.4 Å². The predicted molar refractivity (Wildman–Crippen MR) is 58.8 cm³/mol. The Hall–Kier alpha value is -1.63. The second-order valence-electron chi connectivity index (χ2n) is 3.96. The summed E-state index contributed by atoms with van der Waals surface area (Å²) in [5.41, 5.74) is 0. The molecule has 0 aromatic rings. The van der Waals surface area contributed by atoms with Crippen LogP contribution in [-0.4, -0.2) is 49.1 Å². The first kappa shape index (κ1) is 13.4. The molecule has 2 unspecified atom stereocenters. The molecular formula is C10H17N3O4. The first-order valence-electron chi connectivity index (χ1n) is 5.52. The minimum absolute atomic E-state index is 0.0382. The quantitative estimate of drug-likeness (QED) is 0.378. The minimum atomic E-state index is -0.454. The summed E-state index contributed by atoms with van der Waals surface area (Å²) in [4.78, 5) is 32.6. The van der Waals surface area contributed by atoms with Crippen molar-refractivity contribution in [2.75, 3.05) is 19.7 Å². The molecule has 0 aromatic heterocycles. The maximum absolute atomic E-state index is 11.3. The van der Waals surface area contributed by atoms with Gasteiger partial charge in [0.25, 0.3) is 0 Å². The topological polar surface area (TPSA) is 108 Å². The molecule has 1 rings (SSSR count). The molecule has 0 bridgehead atoms. The van der Waals surface area contributed by atoms with E-state index in [1.54, 1.807) is 0 Å². The monoisotopic (exact) mass is 243 g/mol. The van der Waals surface area contributed by atoms with Crippen LogP contribution in [0.2, 0.25) is 0 Å². The second-order valence-corrected chi connectivity index (χ2v) is 3.96. The first-order valence-corrected chi connectivity index (χ1v) is 5.52. The van der Waals surface area contributed by atoms with Gasteiger partial charge in [-0.1, -0.05) is 0 Å². The Morgan fingerprint density at radius 3 is 2.94 bits per heavy atom. The lowest BCUT2D eigenvalue weighted by Crippen LogP contribution is -2.43. The van der Waals surface area contributed by atoms with E-state index in [1.165, 1.54) is 0 Å². The van der Waals surface area contributed by atoms with Gasteiger partial charge in [0.15, 0.2) is 0 Å². The van der Waals surface area contributed by atoms with Crippen molar-refractivity contribution in [3.05, 3.63) is 0 Å². The molecule has 1 aliphatic rings. The molecule has 0 radical (unpaired) electrons. The Morgan fingerprint density at radius 2 is 2.41 bits per heavy atom. The molecule has 17 heavy (non-hydrogen) atoms. The standard InChI is InChI=1S/C10H17N3O4/c14-5-8(13-9(16)4-11-6-15)3-7-1-2-12-10(7)17/h6-8,14H,1-5H2,(H,11,15)(H,12,17)(H,13,16). The Bertz CT molecular complexity index is 295. The van der Waals surface area contributed by atoms with Gasteiger partial charge in [0.1, 0.15) is 0 Å². The van der Waals surface area contributed by atoms with Crippen LogP contribution in [0, 0.1) is 5.92 Å². The molecule has 7 heteroatoms. The average Bonchev–Trinajstić information content (AvgIpc) is 2.71. The molecule has 7 nitrogen and oxygen atoms in total. The van der Waals surface area contributed by atoms with Crippen LogP contribution in [0.15, 0.2) is 0 Å². The maximum atomic E-state index is 11.3. The van der Waals surface area contributed by atoms with Gasteiger partial charge in [0, 0.05) is 12.5 Å². The molecule has 1 heterocycles. The van der Waals surface area contributed by atoms with Crippen LogP contribution >= 0.6 is 0 Å². The van der Waals surface area contributed by atoms with E-state index < -0.39 is 6.04 Å². The van der Waals surface area contributed by atoms with Crippen molar-refractivity contribution in [3.63, 3.8) is 0 Å². The number of aliphatic hydroxyl groups excluding tert-OH is 1. The summed E-state index contributed by atoms with van der Waals surface area (Å²) in [5.74, 6) is -0.579. The summed E-state index contributed by atoms with van der Waals surface area (Å²) in [6.07, 6.45) is 1.56. The summed E-state index contributed by atoms with van der Waals surface area (Å²) in [6.45, 7) is 0.287. The maximum Gasteiger partial charge on any atom is 0.239 e. The van der Waals surface area contributed by atoms with Gasteiger partial charge in [-0.15, -0.1) is 0 Å². The summed E-state index contributed by atoms with van der Waals surface area (Å²) >= 11 is 0. The van der Waals surface area contributed by atoms with E-state index >= 15 is 0 Å². The minimum Gasteiger partial charge on any atom is -0.394 e. The average molecular weight is 243 g/mol. The van der Waals surface area contributed by atoms with Crippen molar-refractivity contribution in [2.45, 2.75) is 18.9 Å². The van der Waals surface area contributed by atoms with E-state index in [0.717, 1.165) is 6.42 Å². The Balaban J connectivity index is 2.34. The fraction of sp³-hybridized carbons (Fsp3) is 0.700. The number of aliphatic hydroxyl groups is 1. The van der Waals surface area contributed by atoms with Crippen LogP contribution < -0.4 is 16.0 Å². The number of rotatable bonds is 7. The van der Waals surface area contributed by atoms with Crippen molar-refractivity contribution < 1.29 is 19.5 Å². The van der Waals surface area contributed by atoms with Crippen LogP contribution in [0.3, 0.4) is 0 Å². The van der Waals surface area contributed by atoms with Crippen LogP contribution in [0.5, 0.6) is 0 Å². The molecule has 0 saturated carbocycles. The number of carbonyl (C=O) groups is 3. The third kappa shape index (κ3) is 4.39. The Labute approximate surface area is 98.9 Å². The van der Waals surface area contributed by atoms with E-state index in [4.69, 9.17) is 5.11 Å². The van der Waals surface area contributed by atoms with Gasteiger partial charge in [-0.25, -0.2) is 0 Å². The zero-order valence-electron chi connectivity index (χ0n) is 9.44. The summed E-state index contributed by atoms with van der Waals surface area (Å²) in [5, 5.41) is 16.6. The molecular weight excluding hydrogens is 226 g/mol. The zero-order valence-corrected chi connectivity index (χ0v) is 9.44. The molecule has 0 aliphatic carbocycles. The highest BCUT2D eigenvalue weighted by atomic mass is 16.3. The number of nitrogens with one attached hydrogen (secondary N) is 3. The highest BCUT2D eigenvalue weighted by Gasteiger charge is 2.27. The summed E-state index contributed by atoms with van der Waals surface area (Å²) in [6, 6.07) is -0.454. The number of amides is 3. The molecule has 1 saturated heterocycles. The fourth-order valence-electron chi connectivity index (χ4n) is 1.81. The van der Waals surface area contributed by atoms with Crippen LogP contribution in [-0.2, 0) is 14.4 Å². The smallest absolute Gasteiger partial charge is 0.239 e. The lowest BCUT2D eigenvalue weighted by molar-refractivity contribution is -0.125. The van der Waals surface area contributed by atoms with Gasteiger partial charge in [-0.05, 0) is 12.8 Å². The van der Waals surface area contributed by atoms with E-state index in [-0.39, 0.29) is 30.9 Å². The van der Waals surface area contributed by atoms with E-state index in [9.17, 15) is 14.4 Å². The van der Waals surface area contributed by atoms with Crippen molar-refractivity contribution >= 4 is 18.2 Å². The molecule has 1 fully saturated rings. The number of hydrogen-bond acceptors (Lipinski definition) is 4. The van der Waals surface area contributed by atoms with Gasteiger partial charge < -0.3 is 21.1 Å². The molecule has 3 amide bonds. The highest BCUT2D eigenvalue weighted by Crippen LogP contribution is 2.15. The molecule has 0 spiro atoms. The van der Waals surface area contributed by atoms with Gasteiger partial charge in [-0.3, -0.25) is 14.4 Å². The summed E-state index contributed by atoms with van der Waals surface area (Å²) in [7, 11) is 0. The van der Waals surface area contributed by atoms with Gasteiger partial charge in [0.05, 0.1) is 19.2 Å². The lowest BCUT2D eigenvalue weighted by atomic mass is 9.99. The molecule has 4 N–H and O–H groups in total. The normalized spacial score (nSPS) is 20.5. The van der Waals surface area contributed by atoms with Crippen molar-refractivity contribution in [1.82, 2.24) is 16.0 Å².